The Morgan fingerprint density at radius 2 is 2.33 bits per heavy atom. The van der Waals surface area contributed by atoms with Gasteiger partial charge in [-0.25, -0.2) is 4.98 Å². The van der Waals surface area contributed by atoms with Crippen molar-refractivity contribution in [2.24, 2.45) is 0 Å². The molecule has 6 heteroatoms. The normalized spacial score (nSPS) is 9.93. The topological polar surface area (TPSA) is 79.3 Å². The Labute approximate surface area is 91.1 Å². The van der Waals surface area contributed by atoms with Crippen molar-refractivity contribution in [1.29, 1.82) is 0 Å². The van der Waals surface area contributed by atoms with E-state index in [1.165, 1.54) is 11.3 Å². The van der Waals surface area contributed by atoms with Gasteiger partial charge in [-0.15, -0.1) is 11.3 Å². The van der Waals surface area contributed by atoms with E-state index in [4.69, 9.17) is 5.11 Å². The molecule has 2 N–H and O–H groups in total. The highest BCUT2D eigenvalue weighted by Crippen LogP contribution is 2.13. The zero-order chi connectivity index (χ0) is 11.3. The molecule has 0 atom stereocenters. The highest BCUT2D eigenvalue weighted by atomic mass is 32.1. The number of hydrogen-bond acceptors (Lipinski definition) is 4. The number of nitrogens with one attached hydrogen (secondary N) is 1. The van der Waals surface area contributed by atoms with Crippen LogP contribution >= 0.6 is 11.3 Å². The molecule has 0 saturated carbocycles. The van der Waals surface area contributed by atoms with Crippen molar-refractivity contribution in [2.45, 2.75) is 19.8 Å². The van der Waals surface area contributed by atoms with Crippen molar-refractivity contribution in [3.05, 3.63) is 16.1 Å². The molecule has 5 nitrogen and oxygen atoms in total. The minimum absolute atomic E-state index is 0.0635. The van der Waals surface area contributed by atoms with Crippen LogP contribution in [0.3, 0.4) is 0 Å². The molecular weight excluding hydrogens is 216 g/mol. The van der Waals surface area contributed by atoms with Crippen LogP contribution in [0.1, 0.15) is 28.7 Å². The summed E-state index contributed by atoms with van der Waals surface area (Å²) in [5, 5.41) is 10.9. The van der Waals surface area contributed by atoms with Gasteiger partial charge >= 0.3 is 5.97 Å². The minimum atomic E-state index is -0.921. The summed E-state index contributed by atoms with van der Waals surface area (Å²) >= 11 is 1.27. The number of aliphatic carboxylic acids is 1. The van der Waals surface area contributed by atoms with Gasteiger partial charge in [0.15, 0.2) is 0 Å². The molecule has 0 spiro atoms. The fraction of sp³-hybridized carbons (Fsp3) is 0.444. The first-order chi connectivity index (χ1) is 7.15. The second kappa shape index (κ2) is 5.45. The number of hydrogen-bond donors (Lipinski definition) is 2. The van der Waals surface area contributed by atoms with Crippen LogP contribution in [0.15, 0.2) is 5.51 Å². The lowest BCUT2D eigenvalue weighted by molar-refractivity contribution is -0.136. The first-order valence-electron chi connectivity index (χ1n) is 4.57. The van der Waals surface area contributed by atoms with E-state index in [9.17, 15) is 9.59 Å². The SMILES string of the molecule is CCc1ncsc1C(=O)NCCC(=O)O. The van der Waals surface area contributed by atoms with E-state index >= 15 is 0 Å². The first-order valence-corrected chi connectivity index (χ1v) is 5.45. The summed E-state index contributed by atoms with van der Waals surface area (Å²) in [6.45, 7) is 2.07. The van der Waals surface area contributed by atoms with E-state index in [0.29, 0.717) is 11.3 Å². The second-order valence-corrected chi connectivity index (χ2v) is 3.74. The van der Waals surface area contributed by atoms with E-state index < -0.39 is 5.97 Å². The van der Waals surface area contributed by atoms with Crippen molar-refractivity contribution in [1.82, 2.24) is 10.3 Å². The van der Waals surface area contributed by atoms with Gasteiger partial charge in [0.05, 0.1) is 17.6 Å². The van der Waals surface area contributed by atoms with E-state index in [-0.39, 0.29) is 18.9 Å². The van der Waals surface area contributed by atoms with E-state index in [2.05, 4.69) is 10.3 Å². The third-order valence-corrected chi connectivity index (χ3v) is 2.67. The minimum Gasteiger partial charge on any atom is -0.481 e. The molecule has 15 heavy (non-hydrogen) atoms. The van der Waals surface area contributed by atoms with Crippen molar-refractivity contribution >= 4 is 23.2 Å². The molecule has 1 amide bonds. The van der Waals surface area contributed by atoms with Gasteiger partial charge in [-0.1, -0.05) is 6.92 Å². The highest BCUT2D eigenvalue weighted by Gasteiger charge is 2.12. The molecule has 0 radical (unpaired) electrons. The van der Waals surface area contributed by atoms with Crippen molar-refractivity contribution in [3.8, 4) is 0 Å². The van der Waals surface area contributed by atoms with Gasteiger partial charge in [-0.3, -0.25) is 9.59 Å². The van der Waals surface area contributed by atoms with Crippen LogP contribution in [0.2, 0.25) is 0 Å². The third kappa shape index (κ3) is 3.32. The molecule has 1 aromatic heterocycles. The fourth-order valence-corrected chi connectivity index (χ4v) is 1.87. The summed E-state index contributed by atoms with van der Waals surface area (Å²) in [6.07, 6.45) is 0.636. The summed E-state index contributed by atoms with van der Waals surface area (Å²) in [6, 6.07) is 0. The summed E-state index contributed by atoms with van der Waals surface area (Å²) in [5.74, 6) is -1.16. The number of rotatable bonds is 5. The quantitative estimate of drug-likeness (QED) is 0.785. The van der Waals surface area contributed by atoms with Gasteiger partial charge in [0.1, 0.15) is 4.88 Å². The summed E-state index contributed by atoms with van der Waals surface area (Å²) in [5.41, 5.74) is 2.37. The lowest BCUT2D eigenvalue weighted by Gasteiger charge is -2.02. The van der Waals surface area contributed by atoms with E-state index in [0.717, 1.165) is 5.69 Å². The lowest BCUT2D eigenvalue weighted by Crippen LogP contribution is -2.26. The highest BCUT2D eigenvalue weighted by molar-refractivity contribution is 7.11. The van der Waals surface area contributed by atoms with Crippen LogP contribution in [0.25, 0.3) is 0 Å². The standard InChI is InChI=1S/C9H12N2O3S/c1-2-6-8(15-5-11-6)9(14)10-4-3-7(12)13/h5H,2-4H2,1H3,(H,10,14)(H,12,13). The Morgan fingerprint density at radius 1 is 1.60 bits per heavy atom. The summed E-state index contributed by atoms with van der Waals surface area (Å²) in [7, 11) is 0. The van der Waals surface area contributed by atoms with Gasteiger partial charge in [-0.2, -0.15) is 0 Å². The fourth-order valence-electron chi connectivity index (χ4n) is 1.07. The molecule has 0 unspecified atom stereocenters. The van der Waals surface area contributed by atoms with Gasteiger partial charge in [-0.05, 0) is 6.42 Å². The molecule has 0 saturated heterocycles. The molecule has 1 heterocycles. The van der Waals surface area contributed by atoms with Crippen LogP contribution in [0, 0.1) is 0 Å². The van der Waals surface area contributed by atoms with Crippen molar-refractivity contribution in [3.63, 3.8) is 0 Å². The molecule has 0 fully saturated rings. The molecule has 1 rings (SSSR count). The molecule has 0 aliphatic carbocycles. The van der Waals surface area contributed by atoms with Gasteiger partial charge in [0.2, 0.25) is 0 Å². The number of thiazole rings is 1. The zero-order valence-corrected chi connectivity index (χ0v) is 9.13. The van der Waals surface area contributed by atoms with Crippen LogP contribution < -0.4 is 5.32 Å². The number of carbonyl (C=O) groups is 2. The average molecular weight is 228 g/mol. The second-order valence-electron chi connectivity index (χ2n) is 2.88. The number of nitrogens with zero attached hydrogens (tertiary/aromatic N) is 1. The number of amides is 1. The zero-order valence-electron chi connectivity index (χ0n) is 8.32. The third-order valence-electron chi connectivity index (χ3n) is 1.81. The molecule has 0 aromatic carbocycles. The van der Waals surface area contributed by atoms with Crippen LogP contribution in [-0.2, 0) is 11.2 Å². The van der Waals surface area contributed by atoms with Gasteiger partial charge < -0.3 is 10.4 Å². The molecule has 0 aliphatic heterocycles. The Morgan fingerprint density at radius 3 is 2.93 bits per heavy atom. The van der Waals surface area contributed by atoms with Gasteiger partial charge in [0.25, 0.3) is 5.91 Å². The Hall–Kier alpha value is -1.43. The predicted octanol–water partition coefficient (Wildman–Crippen LogP) is 0.910. The lowest BCUT2D eigenvalue weighted by atomic mass is 10.3. The Balaban J connectivity index is 2.50. The molecule has 0 bridgehead atoms. The first kappa shape index (κ1) is 11.6. The van der Waals surface area contributed by atoms with Crippen LogP contribution in [-0.4, -0.2) is 28.5 Å². The molecule has 1 aromatic rings. The van der Waals surface area contributed by atoms with Gasteiger partial charge in [0, 0.05) is 6.54 Å². The number of aryl methyl sites for hydroxylation is 1. The molecule has 0 aliphatic rings. The number of carboxylic acids is 1. The maximum atomic E-state index is 11.5. The maximum absolute atomic E-state index is 11.5. The largest absolute Gasteiger partial charge is 0.481 e. The van der Waals surface area contributed by atoms with Crippen molar-refractivity contribution < 1.29 is 14.7 Å². The summed E-state index contributed by atoms with van der Waals surface area (Å²) < 4.78 is 0. The average Bonchev–Trinajstić information content (AvgIpc) is 2.64. The van der Waals surface area contributed by atoms with Crippen LogP contribution in [0.4, 0.5) is 0 Å². The maximum Gasteiger partial charge on any atom is 0.305 e. The van der Waals surface area contributed by atoms with Crippen molar-refractivity contribution in [2.75, 3.05) is 6.54 Å². The smallest absolute Gasteiger partial charge is 0.305 e. The molecular formula is C9H12N2O3S. The number of carbonyl (C=O) groups excluding carboxylic acids is 1. The van der Waals surface area contributed by atoms with E-state index in [1.54, 1.807) is 5.51 Å². The summed E-state index contributed by atoms with van der Waals surface area (Å²) in [4.78, 5) is 26.4. The molecule has 82 valence electrons. The monoisotopic (exact) mass is 228 g/mol. The predicted molar refractivity (Wildman–Crippen MR) is 56.1 cm³/mol. The van der Waals surface area contributed by atoms with Crippen LogP contribution in [0.5, 0.6) is 0 Å². The number of carboxylic acid groups (broad SMARTS) is 1. The van der Waals surface area contributed by atoms with E-state index in [1.807, 2.05) is 6.92 Å². The Bertz CT molecular complexity index is 362. The Kier molecular flexibility index (Phi) is 4.23. The number of aromatic nitrogens is 1.